The van der Waals surface area contributed by atoms with E-state index in [1.807, 2.05) is 19.1 Å². The molecule has 0 aliphatic rings. The number of halogens is 1. The first-order valence-corrected chi connectivity index (χ1v) is 7.63. The maximum atomic E-state index is 11.8. The second-order valence-electron chi connectivity index (χ2n) is 4.25. The van der Waals surface area contributed by atoms with Crippen molar-refractivity contribution in [2.75, 3.05) is 11.9 Å². The van der Waals surface area contributed by atoms with Crippen LogP contribution in [0.25, 0.3) is 0 Å². The van der Waals surface area contributed by atoms with Crippen molar-refractivity contribution >= 4 is 44.8 Å². The number of amides is 1. The molecule has 1 aromatic heterocycles. The highest BCUT2D eigenvalue weighted by Crippen LogP contribution is 2.22. The number of hydrogen-bond donors (Lipinski definition) is 2. The Balaban J connectivity index is 1.89. The van der Waals surface area contributed by atoms with Crippen LogP contribution in [-0.2, 0) is 4.79 Å². The van der Waals surface area contributed by atoms with Crippen LogP contribution >= 0.6 is 27.3 Å². The minimum Gasteiger partial charge on any atom is -0.483 e. The number of carbonyl (C=O) groups excluding carboxylic acids is 1. The quantitative estimate of drug-likeness (QED) is 0.844. The van der Waals surface area contributed by atoms with Crippen molar-refractivity contribution in [1.29, 1.82) is 0 Å². The molecule has 7 heteroatoms. The first-order valence-electron chi connectivity index (χ1n) is 5.96. The van der Waals surface area contributed by atoms with Crippen molar-refractivity contribution in [2.24, 2.45) is 0 Å². The topological polar surface area (TPSA) is 75.6 Å². The smallest absolute Gasteiger partial charge is 0.346 e. The highest BCUT2D eigenvalue weighted by Gasteiger charge is 2.09. The summed E-state index contributed by atoms with van der Waals surface area (Å²) >= 11 is 4.44. The van der Waals surface area contributed by atoms with Crippen LogP contribution in [0.3, 0.4) is 0 Å². The van der Waals surface area contributed by atoms with Gasteiger partial charge in [-0.15, -0.1) is 11.3 Å². The lowest BCUT2D eigenvalue weighted by molar-refractivity contribution is -0.118. The normalized spacial score (nSPS) is 10.2. The molecule has 2 N–H and O–H groups in total. The molecule has 0 aliphatic heterocycles. The van der Waals surface area contributed by atoms with E-state index in [4.69, 9.17) is 9.84 Å². The number of nitrogens with one attached hydrogen (secondary N) is 1. The van der Waals surface area contributed by atoms with E-state index in [1.165, 1.54) is 6.07 Å². The first kappa shape index (κ1) is 15.5. The van der Waals surface area contributed by atoms with E-state index in [2.05, 4.69) is 21.2 Å². The van der Waals surface area contributed by atoms with E-state index in [-0.39, 0.29) is 17.4 Å². The monoisotopic (exact) mass is 369 g/mol. The number of carboxylic acids is 1. The van der Waals surface area contributed by atoms with Crippen molar-refractivity contribution in [3.8, 4) is 5.75 Å². The number of carboxylic acid groups (broad SMARTS) is 1. The van der Waals surface area contributed by atoms with E-state index in [1.54, 1.807) is 11.4 Å². The van der Waals surface area contributed by atoms with E-state index >= 15 is 0 Å². The van der Waals surface area contributed by atoms with Gasteiger partial charge in [0.2, 0.25) is 0 Å². The molecule has 0 saturated heterocycles. The Morgan fingerprint density at radius 2 is 2.14 bits per heavy atom. The average molecular weight is 370 g/mol. The highest BCUT2D eigenvalue weighted by atomic mass is 79.9. The standard InChI is InChI=1S/C14H12BrNO4S/c1-8-4-9(2-3-11(8)15)16-13(17)6-20-10-5-12(14(18)19)21-7-10/h2-5,7H,6H2,1H3,(H,16,17)(H,18,19). The molecule has 1 aromatic carbocycles. The minimum absolute atomic E-state index is 0.175. The molecule has 2 rings (SSSR count). The van der Waals surface area contributed by atoms with Gasteiger partial charge in [-0.1, -0.05) is 15.9 Å². The van der Waals surface area contributed by atoms with Crippen LogP contribution in [-0.4, -0.2) is 23.6 Å². The number of aromatic carboxylic acids is 1. The van der Waals surface area contributed by atoms with Crippen molar-refractivity contribution in [3.63, 3.8) is 0 Å². The molecule has 1 amide bonds. The third-order valence-corrected chi connectivity index (χ3v) is 4.38. The summed E-state index contributed by atoms with van der Waals surface area (Å²) in [5.41, 5.74) is 1.69. The summed E-state index contributed by atoms with van der Waals surface area (Å²) in [4.78, 5) is 22.7. The molecule has 21 heavy (non-hydrogen) atoms. The Kier molecular flexibility index (Phi) is 4.98. The second kappa shape index (κ2) is 6.73. The summed E-state index contributed by atoms with van der Waals surface area (Å²) in [7, 11) is 0. The zero-order valence-electron chi connectivity index (χ0n) is 11.1. The maximum absolute atomic E-state index is 11.8. The Morgan fingerprint density at radius 1 is 1.38 bits per heavy atom. The summed E-state index contributed by atoms with van der Waals surface area (Å²) < 4.78 is 6.22. The van der Waals surface area contributed by atoms with Gasteiger partial charge in [0.25, 0.3) is 5.91 Å². The van der Waals surface area contributed by atoms with Gasteiger partial charge in [0.15, 0.2) is 6.61 Å². The van der Waals surface area contributed by atoms with Gasteiger partial charge in [-0.3, -0.25) is 4.79 Å². The van der Waals surface area contributed by atoms with E-state index < -0.39 is 5.97 Å². The van der Waals surface area contributed by atoms with Gasteiger partial charge in [0.05, 0.1) is 0 Å². The summed E-state index contributed by atoms with van der Waals surface area (Å²) in [6.07, 6.45) is 0. The van der Waals surface area contributed by atoms with Gasteiger partial charge < -0.3 is 15.2 Å². The molecule has 0 saturated carbocycles. The van der Waals surface area contributed by atoms with Crippen LogP contribution in [0.5, 0.6) is 5.75 Å². The second-order valence-corrected chi connectivity index (χ2v) is 6.02. The van der Waals surface area contributed by atoms with Gasteiger partial charge in [0, 0.05) is 21.6 Å². The first-order chi connectivity index (χ1) is 9.95. The molecule has 0 radical (unpaired) electrons. The van der Waals surface area contributed by atoms with E-state index in [0.29, 0.717) is 11.4 Å². The largest absolute Gasteiger partial charge is 0.483 e. The fourth-order valence-electron chi connectivity index (χ4n) is 1.58. The molecule has 0 spiro atoms. The summed E-state index contributed by atoms with van der Waals surface area (Å²) in [5.74, 6) is -0.941. The summed E-state index contributed by atoms with van der Waals surface area (Å²) in [6, 6.07) is 6.87. The summed E-state index contributed by atoms with van der Waals surface area (Å²) in [6.45, 7) is 1.75. The molecular weight excluding hydrogens is 358 g/mol. The highest BCUT2D eigenvalue weighted by molar-refractivity contribution is 9.10. The molecule has 2 aromatic rings. The lowest BCUT2D eigenvalue weighted by Crippen LogP contribution is -2.20. The van der Waals surface area contributed by atoms with Gasteiger partial charge >= 0.3 is 5.97 Å². The predicted octanol–water partition coefficient (Wildman–Crippen LogP) is 3.53. The number of anilines is 1. The fourth-order valence-corrected chi connectivity index (χ4v) is 2.49. The van der Waals surface area contributed by atoms with Crippen LogP contribution in [0.15, 0.2) is 34.1 Å². The Labute approximate surface area is 133 Å². The number of aryl methyl sites for hydroxylation is 1. The van der Waals surface area contributed by atoms with Crippen LogP contribution in [0.4, 0.5) is 5.69 Å². The third-order valence-electron chi connectivity index (χ3n) is 2.60. The lowest BCUT2D eigenvalue weighted by Gasteiger charge is -2.07. The number of thiophene rings is 1. The van der Waals surface area contributed by atoms with Gasteiger partial charge in [-0.05, 0) is 30.7 Å². The van der Waals surface area contributed by atoms with E-state index in [9.17, 15) is 9.59 Å². The number of carbonyl (C=O) groups is 2. The van der Waals surface area contributed by atoms with E-state index in [0.717, 1.165) is 21.4 Å². The molecular formula is C14H12BrNO4S. The zero-order valence-corrected chi connectivity index (χ0v) is 13.5. The predicted molar refractivity (Wildman–Crippen MR) is 84.3 cm³/mol. The lowest BCUT2D eigenvalue weighted by atomic mass is 10.2. The van der Waals surface area contributed by atoms with Crippen LogP contribution in [0, 0.1) is 6.92 Å². The summed E-state index contributed by atoms with van der Waals surface area (Å²) in [5, 5.41) is 13.1. The van der Waals surface area contributed by atoms with Crippen molar-refractivity contribution in [1.82, 2.24) is 0 Å². The Hall–Kier alpha value is -1.86. The molecule has 5 nitrogen and oxygen atoms in total. The Bertz CT molecular complexity index is 683. The van der Waals surface area contributed by atoms with Gasteiger partial charge in [-0.25, -0.2) is 4.79 Å². The van der Waals surface area contributed by atoms with Gasteiger partial charge in [-0.2, -0.15) is 0 Å². The molecule has 0 fully saturated rings. The van der Waals surface area contributed by atoms with Crippen LogP contribution < -0.4 is 10.1 Å². The SMILES string of the molecule is Cc1cc(NC(=O)COc2csc(C(=O)O)c2)ccc1Br. The molecule has 0 unspecified atom stereocenters. The van der Waals surface area contributed by atoms with Crippen molar-refractivity contribution in [3.05, 3.63) is 44.6 Å². The number of rotatable bonds is 5. The maximum Gasteiger partial charge on any atom is 0.346 e. The van der Waals surface area contributed by atoms with Crippen molar-refractivity contribution in [2.45, 2.75) is 6.92 Å². The number of benzene rings is 1. The average Bonchev–Trinajstić information content (AvgIpc) is 2.90. The Morgan fingerprint density at radius 3 is 2.76 bits per heavy atom. The zero-order chi connectivity index (χ0) is 15.4. The molecule has 0 atom stereocenters. The minimum atomic E-state index is -1.01. The number of hydrogen-bond acceptors (Lipinski definition) is 4. The molecule has 0 aliphatic carbocycles. The van der Waals surface area contributed by atoms with Crippen LogP contribution in [0.2, 0.25) is 0 Å². The third kappa shape index (κ3) is 4.30. The molecule has 1 heterocycles. The van der Waals surface area contributed by atoms with Crippen LogP contribution in [0.1, 0.15) is 15.2 Å². The number of ether oxygens (including phenoxy) is 1. The van der Waals surface area contributed by atoms with Crippen molar-refractivity contribution < 1.29 is 19.4 Å². The fraction of sp³-hybridized carbons (Fsp3) is 0.143. The van der Waals surface area contributed by atoms with Gasteiger partial charge in [0.1, 0.15) is 10.6 Å². The molecule has 0 bridgehead atoms. The molecule has 110 valence electrons.